The molecule has 0 N–H and O–H groups in total. The van der Waals surface area contributed by atoms with E-state index < -0.39 is 0 Å². The van der Waals surface area contributed by atoms with Crippen LogP contribution in [0, 0.1) is 0 Å². The number of rotatable bonds is 8. The third-order valence-electron chi connectivity index (χ3n) is 14.3. The van der Waals surface area contributed by atoms with Gasteiger partial charge in [0, 0.05) is 39.1 Å². The SMILES string of the molecule is c1ccc(-c2ccccc2N(c2cccc3c2Cc2ccccc2-3)c2ccc3ccc4c(N(c5ccccc5-c5ccccc5)c5cccc6c5oc5ccccc56)ccc5ccc2c3c54)cc1. The molecule has 3 nitrogen and oxygen atoms in total. The Morgan fingerprint density at radius 3 is 1.43 bits per heavy atom. The molecular formula is C65H42N2O. The van der Waals surface area contributed by atoms with E-state index in [0.29, 0.717) is 0 Å². The topological polar surface area (TPSA) is 19.6 Å². The summed E-state index contributed by atoms with van der Waals surface area (Å²) in [4.78, 5) is 4.98. The van der Waals surface area contributed by atoms with Crippen LogP contribution in [0.3, 0.4) is 0 Å². The van der Waals surface area contributed by atoms with Gasteiger partial charge in [-0.05, 0) is 97.4 Å². The van der Waals surface area contributed by atoms with Crippen molar-refractivity contribution in [2.45, 2.75) is 6.42 Å². The van der Waals surface area contributed by atoms with Crippen molar-refractivity contribution in [3.05, 3.63) is 254 Å². The maximum absolute atomic E-state index is 6.85. The Labute approximate surface area is 394 Å². The molecule has 318 valence electrons. The maximum atomic E-state index is 6.85. The van der Waals surface area contributed by atoms with Crippen LogP contribution < -0.4 is 9.80 Å². The fraction of sp³-hybridized carbons (Fsp3) is 0.0154. The molecule has 1 heterocycles. The second-order valence-electron chi connectivity index (χ2n) is 17.9. The lowest BCUT2D eigenvalue weighted by molar-refractivity contribution is 0.669. The molecule has 0 unspecified atom stereocenters. The van der Waals surface area contributed by atoms with E-state index in [4.69, 9.17) is 4.42 Å². The second kappa shape index (κ2) is 15.3. The zero-order valence-corrected chi connectivity index (χ0v) is 37.1. The average Bonchev–Trinajstić information content (AvgIpc) is 3.99. The van der Waals surface area contributed by atoms with E-state index in [1.54, 1.807) is 0 Å². The molecule has 0 saturated carbocycles. The van der Waals surface area contributed by atoms with E-state index in [9.17, 15) is 0 Å². The van der Waals surface area contributed by atoms with Crippen LogP contribution in [0.15, 0.2) is 247 Å². The van der Waals surface area contributed by atoms with Crippen LogP contribution in [-0.2, 0) is 6.42 Å². The fourth-order valence-corrected chi connectivity index (χ4v) is 11.3. The molecule has 0 atom stereocenters. The number of furan rings is 1. The van der Waals surface area contributed by atoms with Crippen molar-refractivity contribution in [3.63, 3.8) is 0 Å². The van der Waals surface area contributed by atoms with Crippen molar-refractivity contribution in [2.24, 2.45) is 0 Å². The summed E-state index contributed by atoms with van der Waals surface area (Å²) < 4.78 is 6.85. The lowest BCUT2D eigenvalue weighted by Crippen LogP contribution is -2.14. The van der Waals surface area contributed by atoms with Crippen LogP contribution in [0.5, 0.6) is 0 Å². The Morgan fingerprint density at radius 1 is 0.294 bits per heavy atom. The number of nitrogens with zero attached hydrogens (tertiary/aromatic N) is 2. The van der Waals surface area contributed by atoms with E-state index in [1.807, 2.05) is 6.07 Å². The van der Waals surface area contributed by atoms with Gasteiger partial charge in [-0.2, -0.15) is 0 Å². The summed E-state index contributed by atoms with van der Waals surface area (Å²) >= 11 is 0. The highest BCUT2D eigenvalue weighted by Crippen LogP contribution is 2.53. The van der Waals surface area contributed by atoms with Gasteiger partial charge >= 0.3 is 0 Å². The van der Waals surface area contributed by atoms with E-state index in [0.717, 1.165) is 67.9 Å². The predicted molar refractivity (Wildman–Crippen MR) is 286 cm³/mol. The zero-order chi connectivity index (χ0) is 44.7. The highest BCUT2D eigenvalue weighted by Gasteiger charge is 2.29. The minimum absolute atomic E-state index is 0.856. The van der Waals surface area contributed by atoms with Crippen molar-refractivity contribution in [3.8, 4) is 33.4 Å². The minimum atomic E-state index is 0.856. The second-order valence-corrected chi connectivity index (χ2v) is 17.9. The van der Waals surface area contributed by atoms with Gasteiger partial charge in [-0.25, -0.2) is 0 Å². The average molecular weight is 867 g/mol. The lowest BCUT2D eigenvalue weighted by atomic mass is 9.91. The molecule has 0 spiro atoms. The van der Waals surface area contributed by atoms with E-state index in [1.165, 1.54) is 71.4 Å². The van der Waals surface area contributed by atoms with Crippen LogP contribution >= 0.6 is 0 Å². The largest absolute Gasteiger partial charge is 0.454 e. The smallest absolute Gasteiger partial charge is 0.159 e. The predicted octanol–water partition coefficient (Wildman–Crippen LogP) is 18.3. The molecule has 14 rings (SSSR count). The van der Waals surface area contributed by atoms with Crippen molar-refractivity contribution in [1.82, 2.24) is 0 Å². The van der Waals surface area contributed by atoms with Crippen molar-refractivity contribution in [2.75, 3.05) is 9.80 Å². The molecule has 0 saturated heterocycles. The van der Waals surface area contributed by atoms with E-state index >= 15 is 0 Å². The monoisotopic (exact) mass is 866 g/mol. The number of benzene rings is 12. The molecule has 3 heteroatoms. The van der Waals surface area contributed by atoms with Crippen molar-refractivity contribution in [1.29, 1.82) is 0 Å². The van der Waals surface area contributed by atoms with Gasteiger partial charge in [0.1, 0.15) is 5.58 Å². The molecule has 68 heavy (non-hydrogen) atoms. The Morgan fingerprint density at radius 2 is 0.765 bits per heavy atom. The van der Waals surface area contributed by atoms with Crippen LogP contribution in [0.25, 0.3) is 87.6 Å². The summed E-state index contributed by atoms with van der Waals surface area (Å²) in [5.74, 6) is 0. The molecule has 0 fully saturated rings. The standard InChI is InChI=1S/C65H42N2O/c1-3-17-42(18-4-1)48-23-9-12-28-56(48)66(58-30-15-26-50-47-22-8-7-21-46(47)41-55(50)58)59-39-35-44-34-38-54-60(40-36-45-33-37-53(59)63(44)64(45)54)67(57-29-13-10-24-49(57)43-19-5-2-6-20-43)61-31-16-27-52-51-25-11-14-32-62(51)68-65(52)61/h1-40H,41H2. The molecule has 0 bridgehead atoms. The number of hydrogen-bond donors (Lipinski definition) is 0. The fourth-order valence-electron chi connectivity index (χ4n) is 11.3. The highest BCUT2D eigenvalue weighted by atomic mass is 16.3. The van der Waals surface area contributed by atoms with Crippen LogP contribution in [0.4, 0.5) is 34.1 Å². The number of anilines is 6. The van der Waals surface area contributed by atoms with Gasteiger partial charge in [-0.1, -0.05) is 200 Å². The van der Waals surface area contributed by atoms with Crippen LogP contribution in [-0.4, -0.2) is 0 Å². The molecule has 0 radical (unpaired) electrons. The van der Waals surface area contributed by atoms with Crippen LogP contribution in [0.2, 0.25) is 0 Å². The summed E-state index contributed by atoms with van der Waals surface area (Å²) in [7, 11) is 0. The number of para-hydroxylation sites is 4. The first-order chi connectivity index (χ1) is 33.8. The van der Waals surface area contributed by atoms with Crippen molar-refractivity contribution < 1.29 is 4.42 Å². The maximum Gasteiger partial charge on any atom is 0.159 e. The van der Waals surface area contributed by atoms with Gasteiger partial charge < -0.3 is 14.2 Å². The van der Waals surface area contributed by atoms with Gasteiger partial charge in [0.2, 0.25) is 0 Å². The first-order valence-electron chi connectivity index (χ1n) is 23.5. The van der Waals surface area contributed by atoms with Gasteiger partial charge in [0.15, 0.2) is 5.58 Å². The molecule has 13 aromatic rings. The molecule has 1 aliphatic carbocycles. The van der Waals surface area contributed by atoms with Crippen LogP contribution in [0.1, 0.15) is 11.1 Å². The number of hydrogen-bond acceptors (Lipinski definition) is 3. The summed E-state index contributed by atoms with van der Waals surface area (Å²) in [5.41, 5.74) is 18.3. The Balaban J connectivity index is 1.05. The summed E-state index contributed by atoms with van der Waals surface area (Å²) in [6.45, 7) is 0. The molecular weight excluding hydrogens is 825 g/mol. The minimum Gasteiger partial charge on any atom is -0.454 e. The van der Waals surface area contributed by atoms with Gasteiger partial charge in [-0.3, -0.25) is 0 Å². The molecule has 0 amide bonds. The third kappa shape index (κ3) is 5.86. The number of fused-ring (bicyclic) bond motifs is 6. The zero-order valence-electron chi connectivity index (χ0n) is 37.1. The van der Waals surface area contributed by atoms with Gasteiger partial charge in [0.05, 0.1) is 34.1 Å². The third-order valence-corrected chi connectivity index (χ3v) is 14.3. The van der Waals surface area contributed by atoms with E-state index in [2.05, 4.69) is 246 Å². The Bertz CT molecular complexity index is 4080. The summed E-state index contributed by atoms with van der Waals surface area (Å²) in [6.07, 6.45) is 0.874. The van der Waals surface area contributed by atoms with Gasteiger partial charge in [-0.15, -0.1) is 0 Å². The lowest BCUT2D eigenvalue weighted by Gasteiger charge is -2.32. The quantitative estimate of drug-likeness (QED) is 0.142. The normalized spacial score (nSPS) is 12.1. The first kappa shape index (κ1) is 38.4. The Hall–Kier alpha value is -8.92. The summed E-state index contributed by atoms with van der Waals surface area (Å²) in [6, 6.07) is 88.5. The highest BCUT2D eigenvalue weighted by molar-refractivity contribution is 6.28. The molecule has 1 aromatic heterocycles. The van der Waals surface area contributed by atoms with Crippen molar-refractivity contribution >= 4 is 88.4 Å². The first-order valence-corrected chi connectivity index (χ1v) is 23.5. The Kier molecular flexibility index (Phi) is 8.65. The summed E-state index contributed by atoms with van der Waals surface area (Å²) in [5, 5.41) is 9.45. The molecule has 0 aliphatic heterocycles. The van der Waals surface area contributed by atoms with Gasteiger partial charge in [0.25, 0.3) is 0 Å². The molecule has 12 aromatic carbocycles. The van der Waals surface area contributed by atoms with E-state index in [-0.39, 0.29) is 0 Å². The molecule has 1 aliphatic rings.